The van der Waals surface area contributed by atoms with Gasteiger partial charge in [0.25, 0.3) is 11.2 Å². The number of anilines is 1. The number of thiophene rings is 1. The number of nitro benzene ring substituents is 1. The van der Waals surface area contributed by atoms with E-state index in [2.05, 4.69) is 21.4 Å². The molecule has 3 heterocycles. The van der Waals surface area contributed by atoms with Crippen molar-refractivity contribution in [2.24, 2.45) is 5.92 Å². The highest BCUT2D eigenvalue weighted by atomic mass is 32.1. The number of nitro groups is 1. The zero-order valence-electron chi connectivity index (χ0n) is 16.2. The Balaban J connectivity index is 1.42. The molecule has 0 spiro atoms. The van der Waals surface area contributed by atoms with Crippen molar-refractivity contribution in [1.82, 2.24) is 15.3 Å². The highest BCUT2D eigenvalue weighted by Gasteiger charge is 2.29. The van der Waals surface area contributed by atoms with Crippen molar-refractivity contribution < 1.29 is 9.72 Å². The van der Waals surface area contributed by atoms with E-state index in [0.29, 0.717) is 43.7 Å². The molecule has 0 bridgehead atoms. The van der Waals surface area contributed by atoms with Gasteiger partial charge in [-0.15, -0.1) is 11.3 Å². The zero-order chi connectivity index (χ0) is 21.1. The maximum absolute atomic E-state index is 12.5. The van der Waals surface area contributed by atoms with Crippen molar-refractivity contribution in [3.05, 3.63) is 61.3 Å². The minimum absolute atomic E-state index is 0.0346. The number of carbonyl (C=O) groups is 1. The Morgan fingerprint density at radius 2 is 2.17 bits per heavy atom. The minimum Gasteiger partial charge on any atom is -0.366 e. The van der Waals surface area contributed by atoms with Crippen LogP contribution in [0.5, 0.6) is 0 Å². The predicted molar refractivity (Wildman–Crippen MR) is 115 cm³/mol. The Bertz CT molecular complexity index is 1120. The van der Waals surface area contributed by atoms with Gasteiger partial charge in [-0.3, -0.25) is 19.7 Å². The van der Waals surface area contributed by atoms with E-state index in [-0.39, 0.29) is 22.9 Å². The topological polar surface area (TPSA) is 121 Å². The molecule has 0 saturated carbocycles. The lowest BCUT2D eigenvalue weighted by molar-refractivity contribution is -0.384. The molecule has 156 valence electrons. The maximum Gasteiger partial charge on any atom is 0.293 e. The number of aromatic amines is 1. The van der Waals surface area contributed by atoms with E-state index in [1.807, 2.05) is 16.3 Å². The lowest BCUT2D eigenvalue weighted by atomic mass is 9.95. The quantitative estimate of drug-likeness (QED) is 0.460. The summed E-state index contributed by atoms with van der Waals surface area (Å²) in [4.78, 5) is 45.2. The molecule has 2 aromatic heterocycles. The molecule has 1 amide bonds. The van der Waals surface area contributed by atoms with Crippen LogP contribution in [0.3, 0.4) is 0 Å². The third-order valence-electron chi connectivity index (χ3n) is 5.39. The summed E-state index contributed by atoms with van der Waals surface area (Å²) < 4.78 is 0. The number of rotatable bonds is 6. The molecule has 1 fully saturated rings. The van der Waals surface area contributed by atoms with Crippen molar-refractivity contribution >= 4 is 39.5 Å². The van der Waals surface area contributed by atoms with Gasteiger partial charge in [-0.1, -0.05) is 6.07 Å². The summed E-state index contributed by atoms with van der Waals surface area (Å²) in [6.07, 6.45) is 3.33. The van der Waals surface area contributed by atoms with Gasteiger partial charge in [0.1, 0.15) is 5.69 Å². The van der Waals surface area contributed by atoms with Crippen LogP contribution in [-0.4, -0.2) is 40.4 Å². The van der Waals surface area contributed by atoms with E-state index < -0.39 is 10.5 Å². The van der Waals surface area contributed by atoms with Gasteiger partial charge in [-0.2, -0.15) is 0 Å². The molecule has 1 aliphatic rings. The molecular weight excluding hydrogens is 406 g/mol. The fourth-order valence-electron chi connectivity index (χ4n) is 3.78. The van der Waals surface area contributed by atoms with Gasteiger partial charge in [0.2, 0.25) is 5.91 Å². The molecule has 0 atom stereocenters. The number of piperidine rings is 1. The fraction of sp³-hybridized carbons (Fsp3) is 0.350. The normalized spacial score (nSPS) is 14.7. The molecule has 4 rings (SSSR count). The average Bonchev–Trinajstić information content (AvgIpc) is 3.27. The Kier molecular flexibility index (Phi) is 5.75. The SMILES string of the molecule is O=C(NCCc1cccs1)C1CCN(c2cc3nc[nH]c(=O)c3cc2[N+](=O)[O-])CC1. The second-order valence-electron chi connectivity index (χ2n) is 7.23. The summed E-state index contributed by atoms with van der Waals surface area (Å²) in [5, 5.41) is 16.8. The largest absolute Gasteiger partial charge is 0.366 e. The number of benzene rings is 1. The van der Waals surface area contributed by atoms with Gasteiger partial charge >= 0.3 is 0 Å². The van der Waals surface area contributed by atoms with Gasteiger partial charge < -0.3 is 15.2 Å². The number of amides is 1. The molecule has 1 aliphatic heterocycles. The van der Waals surface area contributed by atoms with Gasteiger partial charge in [-0.05, 0) is 36.8 Å². The Labute approximate surface area is 175 Å². The van der Waals surface area contributed by atoms with Crippen LogP contribution in [0.2, 0.25) is 0 Å². The van der Waals surface area contributed by atoms with Crippen LogP contribution in [0, 0.1) is 16.0 Å². The first-order valence-electron chi connectivity index (χ1n) is 9.74. The highest BCUT2D eigenvalue weighted by molar-refractivity contribution is 7.09. The van der Waals surface area contributed by atoms with Gasteiger partial charge in [0.15, 0.2) is 0 Å². The monoisotopic (exact) mass is 427 g/mol. The molecule has 9 nitrogen and oxygen atoms in total. The second kappa shape index (κ2) is 8.62. The van der Waals surface area contributed by atoms with Gasteiger partial charge in [-0.25, -0.2) is 4.98 Å². The number of hydrogen-bond donors (Lipinski definition) is 2. The Hall–Kier alpha value is -3.27. The average molecular weight is 427 g/mol. The number of aromatic nitrogens is 2. The molecule has 2 N–H and O–H groups in total. The van der Waals surface area contributed by atoms with E-state index in [1.165, 1.54) is 17.3 Å². The summed E-state index contributed by atoms with van der Waals surface area (Å²) in [6, 6.07) is 6.91. The minimum atomic E-state index is -0.482. The molecule has 30 heavy (non-hydrogen) atoms. The van der Waals surface area contributed by atoms with E-state index >= 15 is 0 Å². The van der Waals surface area contributed by atoms with Crippen LogP contribution in [0.15, 0.2) is 40.8 Å². The number of fused-ring (bicyclic) bond motifs is 1. The van der Waals surface area contributed by atoms with Gasteiger partial charge in [0, 0.05) is 36.5 Å². The summed E-state index contributed by atoms with van der Waals surface area (Å²) >= 11 is 1.67. The van der Waals surface area contributed by atoms with E-state index in [0.717, 1.165) is 6.42 Å². The van der Waals surface area contributed by atoms with Crippen LogP contribution in [-0.2, 0) is 11.2 Å². The number of nitrogens with one attached hydrogen (secondary N) is 2. The molecule has 1 aromatic carbocycles. The maximum atomic E-state index is 12.5. The number of carbonyl (C=O) groups excluding carboxylic acids is 1. The molecular formula is C20H21N5O4S. The fourth-order valence-corrected chi connectivity index (χ4v) is 4.49. The summed E-state index contributed by atoms with van der Waals surface area (Å²) in [7, 11) is 0. The van der Waals surface area contributed by atoms with E-state index in [4.69, 9.17) is 0 Å². The summed E-state index contributed by atoms with van der Waals surface area (Å²) in [5.74, 6) is -0.0718. The van der Waals surface area contributed by atoms with Gasteiger partial charge in [0.05, 0.1) is 22.2 Å². The molecule has 1 saturated heterocycles. The summed E-state index contributed by atoms with van der Waals surface area (Å²) in [5.41, 5.74) is 0.308. The molecule has 0 aliphatic carbocycles. The molecule has 0 unspecified atom stereocenters. The van der Waals surface area contributed by atoms with Crippen LogP contribution in [0.4, 0.5) is 11.4 Å². The van der Waals surface area contributed by atoms with Crippen molar-refractivity contribution in [2.75, 3.05) is 24.5 Å². The molecule has 0 radical (unpaired) electrons. The molecule has 10 heteroatoms. The van der Waals surface area contributed by atoms with Crippen molar-refractivity contribution in [3.63, 3.8) is 0 Å². The first-order valence-corrected chi connectivity index (χ1v) is 10.6. The Morgan fingerprint density at radius 1 is 1.37 bits per heavy atom. The van der Waals surface area contributed by atoms with Crippen LogP contribution >= 0.6 is 11.3 Å². The number of hydrogen-bond acceptors (Lipinski definition) is 7. The van der Waals surface area contributed by atoms with E-state index in [1.54, 1.807) is 17.4 Å². The molecule has 3 aromatic rings. The number of nitrogens with zero attached hydrogens (tertiary/aromatic N) is 3. The first-order chi connectivity index (χ1) is 14.5. The predicted octanol–water partition coefficient (Wildman–Crippen LogP) is 2.47. The van der Waals surface area contributed by atoms with Crippen LogP contribution < -0.4 is 15.8 Å². The first kappa shape index (κ1) is 20.0. The highest BCUT2D eigenvalue weighted by Crippen LogP contribution is 2.34. The van der Waals surface area contributed by atoms with Crippen molar-refractivity contribution in [3.8, 4) is 0 Å². The van der Waals surface area contributed by atoms with Crippen molar-refractivity contribution in [2.45, 2.75) is 19.3 Å². The third-order valence-corrected chi connectivity index (χ3v) is 6.33. The standard InChI is InChI=1S/C20H21N5O4S/c26-19(21-6-3-14-2-1-9-30-14)13-4-7-24(8-5-13)17-11-16-15(10-18(17)25(28)29)20(27)23-12-22-16/h1-2,9-13H,3-8H2,(H,21,26)(H,22,23,27). The third kappa shape index (κ3) is 4.18. The summed E-state index contributed by atoms with van der Waals surface area (Å²) in [6.45, 7) is 1.66. The van der Waals surface area contributed by atoms with E-state index in [9.17, 15) is 19.7 Å². The Morgan fingerprint density at radius 3 is 2.87 bits per heavy atom. The van der Waals surface area contributed by atoms with Crippen molar-refractivity contribution in [1.29, 1.82) is 0 Å². The van der Waals surface area contributed by atoms with Crippen LogP contribution in [0.1, 0.15) is 17.7 Å². The van der Waals surface area contributed by atoms with Crippen LogP contribution in [0.25, 0.3) is 10.9 Å². The lowest BCUT2D eigenvalue weighted by Crippen LogP contribution is -2.41. The number of H-pyrrole nitrogens is 1. The second-order valence-corrected chi connectivity index (χ2v) is 8.26. The lowest BCUT2D eigenvalue weighted by Gasteiger charge is -2.32. The smallest absolute Gasteiger partial charge is 0.293 e. The zero-order valence-corrected chi connectivity index (χ0v) is 17.0.